The lowest BCUT2D eigenvalue weighted by atomic mass is 9.98. The number of carboxylic acids is 1. The van der Waals surface area contributed by atoms with E-state index in [1.165, 1.54) is 12.1 Å². The molecule has 1 amide bonds. The zero-order valence-corrected chi connectivity index (χ0v) is 11.9. The number of amides is 1. The number of nitrogens with one attached hydrogen (secondary N) is 1. The van der Waals surface area contributed by atoms with Gasteiger partial charge in [0.2, 0.25) is 5.91 Å². The lowest BCUT2D eigenvalue weighted by molar-refractivity contribution is -0.144. The predicted molar refractivity (Wildman–Crippen MR) is 76.6 cm³/mol. The zero-order chi connectivity index (χ0) is 15.4. The molecule has 114 valence electrons. The van der Waals surface area contributed by atoms with Gasteiger partial charge in [-0.25, -0.2) is 4.39 Å². The minimum atomic E-state index is -0.818. The summed E-state index contributed by atoms with van der Waals surface area (Å²) in [6, 6.07) is 4.23. The van der Waals surface area contributed by atoms with Crippen LogP contribution in [-0.2, 0) is 9.59 Å². The molecule has 1 aliphatic rings. The van der Waals surface area contributed by atoms with E-state index in [0.29, 0.717) is 25.2 Å². The van der Waals surface area contributed by atoms with E-state index in [1.54, 1.807) is 13.0 Å². The molecule has 1 heterocycles. The number of likely N-dealkylation sites (tertiary alicyclic amines) is 1. The SMILES string of the molecule is Cc1ccc(F)cc1NC(=O)CN1CCCC(C(=O)O)C1. The van der Waals surface area contributed by atoms with Crippen LogP contribution in [0.2, 0.25) is 0 Å². The van der Waals surface area contributed by atoms with E-state index in [-0.39, 0.29) is 12.5 Å². The van der Waals surface area contributed by atoms with Gasteiger partial charge in [0.25, 0.3) is 0 Å². The van der Waals surface area contributed by atoms with Gasteiger partial charge < -0.3 is 10.4 Å². The molecular formula is C15H19FN2O3. The summed E-state index contributed by atoms with van der Waals surface area (Å²) in [6.07, 6.45) is 1.42. The third-order valence-corrected chi connectivity index (χ3v) is 3.70. The second-order valence-corrected chi connectivity index (χ2v) is 5.42. The van der Waals surface area contributed by atoms with Crippen molar-refractivity contribution in [3.05, 3.63) is 29.6 Å². The monoisotopic (exact) mass is 294 g/mol. The first-order chi connectivity index (χ1) is 9.95. The largest absolute Gasteiger partial charge is 0.481 e. The number of hydrogen-bond acceptors (Lipinski definition) is 3. The Morgan fingerprint density at radius 3 is 2.95 bits per heavy atom. The number of benzene rings is 1. The van der Waals surface area contributed by atoms with Gasteiger partial charge in [-0.2, -0.15) is 0 Å². The van der Waals surface area contributed by atoms with Gasteiger partial charge in [-0.1, -0.05) is 6.07 Å². The fourth-order valence-corrected chi connectivity index (χ4v) is 2.52. The van der Waals surface area contributed by atoms with Gasteiger partial charge in [0.05, 0.1) is 12.5 Å². The standard InChI is InChI=1S/C15H19FN2O3/c1-10-4-5-12(16)7-13(10)17-14(19)9-18-6-2-3-11(8-18)15(20)21/h4-5,7,11H,2-3,6,8-9H2,1H3,(H,17,19)(H,20,21). The molecule has 1 aromatic carbocycles. The highest BCUT2D eigenvalue weighted by molar-refractivity contribution is 5.93. The highest BCUT2D eigenvalue weighted by atomic mass is 19.1. The maximum absolute atomic E-state index is 13.2. The first-order valence-corrected chi connectivity index (χ1v) is 6.97. The summed E-state index contributed by atoms with van der Waals surface area (Å²) in [5.41, 5.74) is 1.23. The number of anilines is 1. The Hall–Kier alpha value is -1.95. The number of aryl methyl sites for hydroxylation is 1. The molecule has 1 saturated heterocycles. The Kier molecular flexibility index (Phi) is 4.90. The third-order valence-electron chi connectivity index (χ3n) is 3.70. The van der Waals surface area contributed by atoms with E-state index >= 15 is 0 Å². The molecule has 1 atom stereocenters. The molecule has 0 radical (unpaired) electrons. The Bertz CT molecular complexity index is 548. The van der Waals surface area contributed by atoms with Crippen LogP contribution in [0, 0.1) is 18.7 Å². The van der Waals surface area contributed by atoms with E-state index in [2.05, 4.69) is 5.32 Å². The third kappa shape index (κ3) is 4.26. The number of hydrogen-bond donors (Lipinski definition) is 2. The highest BCUT2D eigenvalue weighted by Gasteiger charge is 2.26. The van der Waals surface area contributed by atoms with Gasteiger partial charge in [0.15, 0.2) is 0 Å². The van der Waals surface area contributed by atoms with E-state index < -0.39 is 17.7 Å². The van der Waals surface area contributed by atoms with Gasteiger partial charge >= 0.3 is 5.97 Å². The summed E-state index contributed by atoms with van der Waals surface area (Å²) in [4.78, 5) is 24.8. The van der Waals surface area contributed by atoms with Crippen LogP contribution in [0.25, 0.3) is 0 Å². The van der Waals surface area contributed by atoms with Crippen molar-refractivity contribution in [2.24, 2.45) is 5.92 Å². The molecule has 2 N–H and O–H groups in total. The first-order valence-electron chi connectivity index (χ1n) is 6.97. The summed E-state index contributed by atoms with van der Waals surface area (Å²) in [5.74, 6) is -1.89. The van der Waals surface area contributed by atoms with E-state index in [1.807, 2.05) is 4.90 Å². The van der Waals surface area contributed by atoms with Crippen LogP contribution >= 0.6 is 0 Å². The average Bonchev–Trinajstić information content (AvgIpc) is 2.43. The maximum atomic E-state index is 13.2. The normalized spacial score (nSPS) is 19.2. The summed E-state index contributed by atoms with van der Waals surface area (Å²) in [6.45, 7) is 3.00. The van der Waals surface area contributed by atoms with Crippen molar-refractivity contribution in [2.75, 3.05) is 25.0 Å². The summed E-state index contributed by atoms with van der Waals surface area (Å²) in [5, 5.41) is 11.7. The van der Waals surface area contributed by atoms with E-state index in [9.17, 15) is 14.0 Å². The fourth-order valence-electron chi connectivity index (χ4n) is 2.52. The lowest BCUT2D eigenvalue weighted by Gasteiger charge is -2.29. The van der Waals surface area contributed by atoms with Gasteiger partial charge in [0.1, 0.15) is 5.82 Å². The van der Waals surface area contributed by atoms with Crippen molar-refractivity contribution in [3.63, 3.8) is 0 Å². The molecule has 21 heavy (non-hydrogen) atoms. The predicted octanol–water partition coefficient (Wildman–Crippen LogP) is 1.87. The number of nitrogens with zero attached hydrogens (tertiary/aromatic N) is 1. The molecule has 0 aromatic heterocycles. The summed E-state index contributed by atoms with van der Waals surface area (Å²) >= 11 is 0. The van der Waals surface area contributed by atoms with Crippen LogP contribution in [0.15, 0.2) is 18.2 Å². The van der Waals surface area contributed by atoms with Crippen LogP contribution in [0.5, 0.6) is 0 Å². The van der Waals surface area contributed by atoms with Crippen LogP contribution in [0.1, 0.15) is 18.4 Å². The number of carboxylic acid groups (broad SMARTS) is 1. The van der Waals surface area contributed by atoms with E-state index in [0.717, 1.165) is 12.0 Å². The molecule has 1 unspecified atom stereocenters. The quantitative estimate of drug-likeness (QED) is 0.889. The fraction of sp³-hybridized carbons (Fsp3) is 0.467. The van der Waals surface area contributed by atoms with Gasteiger partial charge in [0, 0.05) is 12.2 Å². The molecule has 6 heteroatoms. The molecule has 1 fully saturated rings. The number of piperidine rings is 1. The van der Waals surface area contributed by atoms with Gasteiger partial charge in [-0.05, 0) is 44.0 Å². The number of rotatable bonds is 4. The van der Waals surface area contributed by atoms with Crippen molar-refractivity contribution >= 4 is 17.6 Å². The molecule has 5 nitrogen and oxygen atoms in total. The number of halogens is 1. The molecular weight excluding hydrogens is 275 g/mol. The summed E-state index contributed by atoms with van der Waals surface area (Å²) < 4.78 is 13.2. The molecule has 0 saturated carbocycles. The molecule has 0 bridgehead atoms. The van der Waals surface area contributed by atoms with Crippen molar-refractivity contribution in [1.29, 1.82) is 0 Å². The van der Waals surface area contributed by atoms with Crippen LogP contribution < -0.4 is 5.32 Å². The smallest absolute Gasteiger partial charge is 0.307 e. The molecule has 0 aliphatic carbocycles. The molecule has 1 aliphatic heterocycles. The minimum absolute atomic E-state index is 0.125. The molecule has 0 spiro atoms. The van der Waals surface area contributed by atoms with Crippen LogP contribution in [-0.4, -0.2) is 41.5 Å². The molecule has 1 aromatic rings. The van der Waals surface area contributed by atoms with Crippen molar-refractivity contribution in [3.8, 4) is 0 Å². The van der Waals surface area contributed by atoms with Crippen molar-refractivity contribution < 1.29 is 19.1 Å². The Morgan fingerprint density at radius 2 is 2.24 bits per heavy atom. The summed E-state index contributed by atoms with van der Waals surface area (Å²) in [7, 11) is 0. The van der Waals surface area contributed by atoms with Crippen LogP contribution in [0.3, 0.4) is 0 Å². The second-order valence-electron chi connectivity index (χ2n) is 5.42. The topological polar surface area (TPSA) is 69.6 Å². The van der Waals surface area contributed by atoms with Crippen LogP contribution in [0.4, 0.5) is 10.1 Å². The maximum Gasteiger partial charge on any atom is 0.307 e. The minimum Gasteiger partial charge on any atom is -0.481 e. The molecule has 2 rings (SSSR count). The average molecular weight is 294 g/mol. The van der Waals surface area contributed by atoms with Crippen molar-refractivity contribution in [1.82, 2.24) is 4.90 Å². The Morgan fingerprint density at radius 1 is 1.48 bits per heavy atom. The Balaban J connectivity index is 1.92. The van der Waals surface area contributed by atoms with Crippen molar-refractivity contribution in [2.45, 2.75) is 19.8 Å². The number of aliphatic carboxylic acids is 1. The van der Waals surface area contributed by atoms with E-state index in [4.69, 9.17) is 5.11 Å². The number of carbonyl (C=O) groups excluding carboxylic acids is 1. The Labute approximate surface area is 122 Å². The number of carbonyl (C=O) groups is 2. The van der Waals surface area contributed by atoms with Gasteiger partial charge in [-0.3, -0.25) is 14.5 Å². The van der Waals surface area contributed by atoms with Gasteiger partial charge in [-0.15, -0.1) is 0 Å². The second kappa shape index (κ2) is 6.67. The lowest BCUT2D eigenvalue weighted by Crippen LogP contribution is -2.42. The zero-order valence-electron chi connectivity index (χ0n) is 11.9. The first kappa shape index (κ1) is 15.4. The highest BCUT2D eigenvalue weighted by Crippen LogP contribution is 2.18.